The number of para-hydroxylation sites is 1. The minimum absolute atomic E-state index is 0.00617. The molecule has 2 aliphatic rings. The van der Waals surface area contributed by atoms with Gasteiger partial charge in [-0.05, 0) is 55.5 Å². The van der Waals surface area contributed by atoms with Crippen molar-refractivity contribution in [3.05, 3.63) is 65.7 Å². The molecule has 5 nitrogen and oxygen atoms in total. The van der Waals surface area contributed by atoms with Crippen LogP contribution in [0, 0.1) is 5.41 Å². The maximum atomic E-state index is 13.5. The lowest BCUT2D eigenvalue weighted by molar-refractivity contribution is -0.133. The molecule has 29 heavy (non-hydrogen) atoms. The maximum Gasteiger partial charge on any atom is 0.253 e. The second-order valence-electron chi connectivity index (χ2n) is 8.14. The third-order valence-electron chi connectivity index (χ3n) is 6.15. The number of carbonyl (C=O) groups is 2. The van der Waals surface area contributed by atoms with Crippen molar-refractivity contribution in [3.8, 4) is 0 Å². The molecule has 2 heterocycles. The summed E-state index contributed by atoms with van der Waals surface area (Å²) in [7, 11) is 1.65. The van der Waals surface area contributed by atoms with Gasteiger partial charge in [0.15, 0.2) is 0 Å². The molecule has 2 amide bonds. The number of hydrogen-bond donors (Lipinski definition) is 0. The number of rotatable bonds is 4. The minimum atomic E-state index is -0.466. The minimum Gasteiger partial charge on any atom is -0.380 e. The third kappa shape index (κ3) is 3.92. The lowest BCUT2D eigenvalue weighted by Gasteiger charge is -2.47. The number of piperidine rings is 2. The first-order valence-electron chi connectivity index (χ1n) is 10.4. The SMILES string of the molecule is COCc1cccc(C(=O)N2CCCC3(CCCN(c4ccccc4)C3=O)C2)c1. The smallest absolute Gasteiger partial charge is 0.253 e. The number of likely N-dealkylation sites (tertiary alicyclic amines) is 1. The zero-order valence-corrected chi connectivity index (χ0v) is 17.0. The molecule has 2 fully saturated rings. The van der Waals surface area contributed by atoms with E-state index in [4.69, 9.17) is 4.74 Å². The first kappa shape index (κ1) is 19.6. The largest absolute Gasteiger partial charge is 0.380 e. The van der Waals surface area contributed by atoms with Crippen LogP contribution in [0.15, 0.2) is 54.6 Å². The van der Waals surface area contributed by atoms with E-state index in [0.29, 0.717) is 25.3 Å². The van der Waals surface area contributed by atoms with E-state index in [-0.39, 0.29) is 11.8 Å². The van der Waals surface area contributed by atoms with Crippen molar-refractivity contribution in [1.29, 1.82) is 0 Å². The molecule has 0 aromatic heterocycles. The number of hydrogen-bond acceptors (Lipinski definition) is 3. The van der Waals surface area contributed by atoms with Crippen LogP contribution < -0.4 is 4.90 Å². The quantitative estimate of drug-likeness (QED) is 0.793. The fourth-order valence-electron chi connectivity index (χ4n) is 4.75. The van der Waals surface area contributed by atoms with Crippen LogP contribution in [0.5, 0.6) is 0 Å². The molecule has 4 rings (SSSR count). The molecule has 0 bridgehead atoms. The number of ether oxygens (including phenoxy) is 1. The lowest BCUT2D eigenvalue weighted by atomic mass is 9.72. The van der Waals surface area contributed by atoms with Gasteiger partial charge < -0.3 is 14.5 Å². The van der Waals surface area contributed by atoms with E-state index in [9.17, 15) is 9.59 Å². The van der Waals surface area contributed by atoms with Crippen LogP contribution in [0.1, 0.15) is 41.6 Å². The molecular weight excluding hydrogens is 364 g/mol. The standard InChI is InChI=1S/C24H28N2O3/c1-29-17-19-8-5-9-20(16-19)22(27)25-14-6-12-24(18-25)13-7-15-26(23(24)28)21-10-3-2-4-11-21/h2-5,8-11,16H,6-7,12-15,17-18H2,1H3. The number of nitrogens with zero attached hydrogens (tertiary/aromatic N) is 2. The van der Waals surface area contributed by atoms with Crippen molar-refractivity contribution in [3.63, 3.8) is 0 Å². The van der Waals surface area contributed by atoms with Crippen molar-refractivity contribution in [2.75, 3.05) is 31.6 Å². The molecule has 0 aliphatic carbocycles. The fraction of sp³-hybridized carbons (Fsp3) is 0.417. The zero-order valence-electron chi connectivity index (χ0n) is 17.0. The summed E-state index contributed by atoms with van der Waals surface area (Å²) in [5.41, 5.74) is 2.13. The summed E-state index contributed by atoms with van der Waals surface area (Å²) in [4.78, 5) is 30.5. The van der Waals surface area contributed by atoms with Gasteiger partial charge in [0.05, 0.1) is 12.0 Å². The van der Waals surface area contributed by atoms with Crippen LogP contribution in [0.4, 0.5) is 5.69 Å². The first-order chi connectivity index (χ1) is 14.1. The molecular formula is C24H28N2O3. The van der Waals surface area contributed by atoms with Crippen LogP contribution in [0.25, 0.3) is 0 Å². The number of methoxy groups -OCH3 is 1. The van der Waals surface area contributed by atoms with E-state index < -0.39 is 5.41 Å². The Morgan fingerprint density at radius 1 is 1.03 bits per heavy atom. The summed E-state index contributed by atoms with van der Waals surface area (Å²) in [6, 6.07) is 17.5. The third-order valence-corrected chi connectivity index (χ3v) is 6.15. The predicted octanol–water partition coefficient (Wildman–Crippen LogP) is 3.88. The average Bonchev–Trinajstić information content (AvgIpc) is 2.76. The molecule has 0 N–H and O–H groups in total. The van der Waals surface area contributed by atoms with E-state index in [1.807, 2.05) is 64.4 Å². The number of carbonyl (C=O) groups excluding carboxylic acids is 2. The molecule has 2 aromatic carbocycles. The second-order valence-corrected chi connectivity index (χ2v) is 8.14. The molecule has 1 atom stereocenters. The maximum absolute atomic E-state index is 13.5. The van der Waals surface area contributed by atoms with Gasteiger partial charge in [0.1, 0.15) is 0 Å². The van der Waals surface area contributed by atoms with Crippen molar-refractivity contribution in [2.45, 2.75) is 32.3 Å². The highest BCUT2D eigenvalue weighted by molar-refractivity contribution is 6.00. The van der Waals surface area contributed by atoms with Gasteiger partial charge in [0, 0.05) is 38.0 Å². The van der Waals surface area contributed by atoms with Gasteiger partial charge in [0.25, 0.3) is 5.91 Å². The van der Waals surface area contributed by atoms with Crippen LogP contribution in [0.2, 0.25) is 0 Å². The Labute approximate surface area is 172 Å². The second kappa shape index (κ2) is 8.37. The van der Waals surface area contributed by atoms with Crippen molar-refractivity contribution >= 4 is 17.5 Å². The first-order valence-corrected chi connectivity index (χ1v) is 10.4. The Balaban J connectivity index is 1.55. The highest BCUT2D eigenvalue weighted by Gasteiger charge is 2.47. The Hall–Kier alpha value is -2.66. The average molecular weight is 392 g/mol. The normalized spacial score (nSPS) is 22.2. The Morgan fingerprint density at radius 2 is 1.79 bits per heavy atom. The summed E-state index contributed by atoms with van der Waals surface area (Å²) < 4.78 is 5.19. The van der Waals surface area contributed by atoms with E-state index in [0.717, 1.165) is 43.5 Å². The summed E-state index contributed by atoms with van der Waals surface area (Å²) >= 11 is 0. The molecule has 152 valence electrons. The van der Waals surface area contributed by atoms with Gasteiger partial charge in [-0.25, -0.2) is 0 Å². The molecule has 2 saturated heterocycles. The molecule has 1 unspecified atom stereocenters. The number of benzene rings is 2. The monoisotopic (exact) mass is 392 g/mol. The molecule has 2 aliphatic heterocycles. The van der Waals surface area contributed by atoms with Crippen molar-refractivity contribution in [1.82, 2.24) is 4.90 Å². The summed E-state index contributed by atoms with van der Waals surface area (Å²) in [6.45, 7) is 2.43. The Bertz CT molecular complexity index is 879. The Kier molecular flexibility index (Phi) is 5.67. The molecule has 2 aromatic rings. The van der Waals surface area contributed by atoms with E-state index >= 15 is 0 Å². The lowest BCUT2D eigenvalue weighted by Crippen LogP contribution is -2.57. The van der Waals surface area contributed by atoms with Gasteiger partial charge in [-0.15, -0.1) is 0 Å². The predicted molar refractivity (Wildman–Crippen MR) is 113 cm³/mol. The van der Waals surface area contributed by atoms with Crippen LogP contribution >= 0.6 is 0 Å². The molecule has 5 heteroatoms. The topological polar surface area (TPSA) is 49.9 Å². The van der Waals surface area contributed by atoms with Gasteiger partial charge in [-0.2, -0.15) is 0 Å². The highest BCUT2D eigenvalue weighted by atomic mass is 16.5. The zero-order chi connectivity index (χ0) is 20.3. The Morgan fingerprint density at radius 3 is 2.55 bits per heavy atom. The van der Waals surface area contributed by atoms with Crippen molar-refractivity contribution in [2.24, 2.45) is 5.41 Å². The van der Waals surface area contributed by atoms with Crippen LogP contribution in [0.3, 0.4) is 0 Å². The van der Waals surface area contributed by atoms with Crippen molar-refractivity contribution < 1.29 is 14.3 Å². The number of anilines is 1. The van der Waals surface area contributed by atoms with Gasteiger partial charge in [0.2, 0.25) is 5.91 Å². The van der Waals surface area contributed by atoms with Gasteiger partial charge in [-0.1, -0.05) is 30.3 Å². The molecule has 0 radical (unpaired) electrons. The van der Waals surface area contributed by atoms with E-state index in [1.54, 1.807) is 7.11 Å². The molecule has 0 saturated carbocycles. The van der Waals surface area contributed by atoms with E-state index in [1.165, 1.54) is 0 Å². The van der Waals surface area contributed by atoms with E-state index in [2.05, 4.69) is 0 Å². The van der Waals surface area contributed by atoms with Gasteiger partial charge >= 0.3 is 0 Å². The van der Waals surface area contributed by atoms with Crippen LogP contribution in [-0.4, -0.2) is 43.5 Å². The molecule has 1 spiro atoms. The highest BCUT2D eigenvalue weighted by Crippen LogP contribution is 2.41. The summed E-state index contributed by atoms with van der Waals surface area (Å²) in [6.07, 6.45) is 3.52. The van der Waals surface area contributed by atoms with Crippen LogP contribution in [-0.2, 0) is 16.1 Å². The summed E-state index contributed by atoms with van der Waals surface area (Å²) in [5.74, 6) is 0.173. The number of amides is 2. The summed E-state index contributed by atoms with van der Waals surface area (Å²) in [5, 5.41) is 0. The van der Waals surface area contributed by atoms with Gasteiger partial charge in [-0.3, -0.25) is 9.59 Å². The fourth-order valence-corrected chi connectivity index (χ4v) is 4.75.